The maximum Gasteiger partial charge on any atom is 0.324 e. The van der Waals surface area contributed by atoms with Gasteiger partial charge in [0, 0.05) is 50.9 Å². The highest BCUT2D eigenvalue weighted by molar-refractivity contribution is 5.95. The molecule has 3 rings (SSSR count). The lowest BCUT2D eigenvalue weighted by Gasteiger charge is -2.40. The molecule has 0 radical (unpaired) electrons. The van der Waals surface area contributed by atoms with Crippen LogP contribution < -0.4 is 27.8 Å². The number of ketones is 2. The normalized spacial score (nSPS) is 16.5. The van der Waals surface area contributed by atoms with Gasteiger partial charge in [0.2, 0.25) is 11.8 Å². The van der Waals surface area contributed by atoms with Crippen molar-refractivity contribution < 1.29 is 29.1 Å². The number of benzene rings is 2. The largest absolute Gasteiger partial charge is 0.480 e. The first kappa shape index (κ1) is 42.4. The standard InChI is InChI=1S/C40H60N6O6/c1-28(2)23-34(36(48)26-31(15-9-10-18-41)38(50)46-21-16-40(17-22-46,39(51)52)44-20-19-42)45-37(49)32(24-29-11-5-3-6-12-29)27-35(47)33(43)25-30-13-7-4-8-14-30/h3-8,11-14,28,31-34,44H,9-10,15-27,41-43H2,1-2H3,(H,45,49)(H,51,52)/t31-,32-,33+,34+/m0/s1. The molecule has 0 aliphatic carbocycles. The summed E-state index contributed by atoms with van der Waals surface area (Å²) in [4.78, 5) is 69.3. The van der Waals surface area contributed by atoms with Crippen LogP contribution in [0.2, 0.25) is 0 Å². The highest BCUT2D eigenvalue weighted by Crippen LogP contribution is 2.27. The van der Waals surface area contributed by atoms with Crippen molar-refractivity contribution in [3.63, 3.8) is 0 Å². The van der Waals surface area contributed by atoms with Crippen LogP contribution >= 0.6 is 0 Å². The maximum atomic E-state index is 14.1. The van der Waals surface area contributed by atoms with Gasteiger partial charge in [-0.05, 0) is 68.5 Å². The van der Waals surface area contributed by atoms with Crippen molar-refractivity contribution in [2.24, 2.45) is 35.0 Å². The topological polar surface area (TPSA) is 211 Å². The van der Waals surface area contributed by atoms with Gasteiger partial charge >= 0.3 is 5.97 Å². The number of piperidine rings is 1. The number of carboxylic acids is 1. The molecule has 0 bridgehead atoms. The molecular weight excluding hydrogens is 660 g/mol. The van der Waals surface area contributed by atoms with Crippen molar-refractivity contribution in [1.82, 2.24) is 15.5 Å². The Hall–Kier alpha value is -3.97. The Bertz CT molecular complexity index is 1430. The van der Waals surface area contributed by atoms with Crippen LogP contribution in [0.4, 0.5) is 0 Å². The lowest BCUT2D eigenvalue weighted by Crippen LogP contribution is -2.60. The molecule has 12 nitrogen and oxygen atoms in total. The Kier molecular flexibility index (Phi) is 17.6. The van der Waals surface area contributed by atoms with Gasteiger partial charge in [-0.3, -0.25) is 24.0 Å². The number of carbonyl (C=O) groups excluding carboxylic acids is 4. The molecule has 1 fully saturated rings. The number of Topliss-reactive ketones (excluding diaryl/α,β-unsaturated/α-hetero) is 2. The average Bonchev–Trinajstić information content (AvgIpc) is 3.13. The zero-order valence-corrected chi connectivity index (χ0v) is 30.9. The van der Waals surface area contributed by atoms with Crippen LogP contribution in [-0.2, 0) is 36.8 Å². The molecule has 2 amide bonds. The van der Waals surface area contributed by atoms with Gasteiger partial charge < -0.3 is 37.8 Å². The van der Waals surface area contributed by atoms with Crippen LogP contribution in [0, 0.1) is 17.8 Å². The molecule has 52 heavy (non-hydrogen) atoms. The number of aliphatic carboxylic acids is 1. The third-order valence-electron chi connectivity index (χ3n) is 10.0. The van der Waals surface area contributed by atoms with E-state index in [4.69, 9.17) is 17.2 Å². The summed E-state index contributed by atoms with van der Waals surface area (Å²) in [6.07, 6.45) is 3.10. The van der Waals surface area contributed by atoms with Crippen LogP contribution in [0.3, 0.4) is 0 Å². The molecular formula is C40H60N6O6. The fourth-order valence-corrected chi connectivity index (χ4v) is 6.94. The van der Waals surface area contributed by atoms with E-state index < -0.39 is 41.3 Å². The van der Waals surface area contributed by atoms with Crippen LogP contribution in [0.1, 0.15) is 76.3 Å². The predicted molar refractivity (Wildman–Crippen MR) is 202 cm³/mol. The number of carbonyl (C=O) groups is 5. The minimum atomic E-state index is -1.16. The minimum Gasteiger partial charge on any atom is -0.480 e. The number of hydrogen-bond acceptors (Lipinski definition) is 9. The van der Waals surface area contributed by atoms with Crippen molar-refractivity contribution in [2.45, 2.75) is 95.7 Å². The van der Waals surface area contributed by atoms with Gasteiger partial charge in [0.25, 0.3) is 0 Å². The molecule has 0 aromatic heterocycles. The molecule has 0 unspecified atom stereocenters. The number of unbranched alkanes of at least 4 members (excludes halogenated alkanes) is 1. The number of amides is 2. The molecule has 1 aliphatic rings. The van der Waals surface area contributed by atoms with Gasteiger partial charge in [0.1, 0.15) is 5.54 Å². The minimum absolute atomic E-state index is 0.0569. The highest BCUT2D eigenvalue weighted by atomic mass is 16.4. The first-order valence-corrected chi connectivity index (χ1v) is 18.8. The third-order valence-corrected chi connectivity index (χ3v) is 10.0. The molecule has 0 saturated carbocycles. The summed E-state index contributed by atoms with van der Waals surface area (Å²) in [5.74, 6) is -3.39. The van der Waals surface area contributed by atoms with Gasteiger partial charge in [-0.1, -0.05) is 80.9 Å². The van der Waals surface area contributed by atoms with Gasteiger partial charge in [-0.15, -0.1) is 0 Å². The van der Waals surface area contributed by atoms with Gasteiger partial charge in [-0.2, -0.15) is 0 Å². The molecule has 0 spiro atoms. The van der Waals surface area contributed by atoms with Crippen LogP contribution in [0.25, 0.3) is 0 Å². The van der Waals surface area contributed by atoms with E-state index in [0.29, 0.717) is 58.2 Å². The zero-order valence-electron chi connectivity index (χ0n) is 30.9. The number of nitrogens with zero attached hydrogens (tertiary/aromatic N) is 1. The fourth-order valence-electron chi connectivity index (χ4n) is 6.94. The summed E-state index contributed by atoms with van der Waals surface area (Å²) in [6, 6.07) is 17.3. The van der Waals surface area contributed by atoms with Gasteiger partial charge in [0.05, 0.1) is 12.1 Å². The van der Waals surface area contributed by atoms with Crippen molar-refractivity contribution in [2.75, 3.05) is 32.7 Å². The Labute approximate surface area is 308 Å². The second-order valence-electron chi connectivity index (χ2n) is 14.6. The summed E-state index contributed by atoms with van der Waals surface area (Å²) >= 11 is 0. The van der Waals surface area contributed by atoms with Crippen molar-refractivity contribution in [3.8, 4) is 0 Å². The van der Waals surface area contributed by atoms with E-state index in [1.54, 1.807) is 4.90 Å². The lowest BCUT2D eigenvalue weighted by molar-refractivity contribution is -0.150. The van der Waals surface area contributed by atoms with E-state index in [2.05, 4.69) is 10.6 Å². The predicted octanol–water partition coefficient (Wildman–Crippen LogP) is 2.60. The van der Waals surface area contributed by atoms with E-state index in [0.717, 1.165) is 11.1 Å². The van der Waals surface area contributed by atoms with Crippen LogP contribution in [0.5, 0.6) is 0 Å². The van der Waals surface area contributed by atoms with Crippen LogP contribution in [-0.4, -0.2) is 89.7 Å². The molecule has 2 aromatic rings. The van der Waals surface area contributed by atoms with Crippen molar-refractivity contribution in [1.29, 1.82) is 0 Å². The molecule has 286 valence electrons. The van der Waals surface area contributed by atoms with E-state index in [1.165, 1.54) is 0 Å². The Morgan fingerprint density at radius 3 is 1.92 bits per heavy atom. The van der Waals surface area contributed by atoms with E-state index in [1.807, 2.05) is 74.5 Å². The molecule has 12 heteroatoms. The monoisotopic (exact) mass is 720 g/mol. The summed E-state index contributed by atoms with van der Waals surface area (Å²) in [7, 11) is 0. The molecule has 1 aliphatic heterocycles. The van der Waals surface area contributed by atoms with E-state index in [9.17, 15) is 29.1 Å². The molecule has 1 saturated heterocycles. The first-order chi connectivity index (χ1) is 24.9. The average molecular weight is 721 g/mol. The van der Waals surface area contributed by atoms with Gasteiger partial charge in [-0.25, -0.2) is 0 Å². The zero-order chi connectivity index (χ0) is 38.1. The SMILES string of the molecule is CC(C)C[C@@H](NC(=O)[C@H](CC(=O)[C@H](N)Cc1ccccc1)Cc1ccccc1)C(=O)C[C@H](CCCCN)C(=O)N1CCC(NCCN)(C(=O)O)CC1. The number of nitrogens with one attached hydrogen (secondary N) is 2. The Balaban J connectivity index is 1.77. The third kappa shape index (κ3) is 13.2. The molecule has 4 atom stereocenters. The second-order valence-corrected chi connectivity index (χ2v) is 14.6. The Morgan fingerprint density at radius 2 is 1.38 bits per heavy atom. The van der Waals surface area contributed by atoms with Gasteiger partial charge in [0.15, 0.2) is 11.6 Å². The number of rotatable bonds is 23. The first-order valence-electron chi connectivity index (χ1n) is 18.8. The van der Waals surface area contributed by atoms with E-state index >= 15 is 0 Å². The van der Waals surface area contributed by atoms with Crippen molar-refractivity contribution >= 4 is 29.4 Å². The number of nitrogens with two attached hydrogens (primary N) is 3. The fraction of sp³-hybridized carbons (Fsp3) is 0.575. The molecule has 9 N–H and O–H groups in total. The van der Waals surface area contributed by atoms with Crippen LogP contribution in [0.15, 0.2) is 60.7 Å². The van der Waals surface area contributed by atoms with E-state index in [-0.39, 0.29) is 62.2 Å². The second kappa shape index (κ2) is 21.5. The number of hydrogen-bond donors (Lipinski definition) is 6. The summed E-state index contributed by atoms with van der Waals surface area (Å²) in [5.41, 5.74) is 18.4. The smallest absolute Gasteiger partial charge is 0.324 e. The summed E-state index contributed by atoms with van der Waals surface area (Å²) in [5, 5.41) is 16.0. The molecule has 2 aromatic carbocycles. The van der Waals surface area contributed by atoms with Crippen molar-refractivity contribution in [3.05, 3.63) is 71.8 Å². The maximum absolute atomic E-state index is 14.1. The quantitative estimate of drug-likeness (QED) is 0.0924. The number of carboxylic acid groups (broad SMARTS) is 1. The lowest BCUT2D eigenvalue weighted by atomic mass is 9.85. The summed E-state index contributed by atoms with van der Waals surface area (Å²) < 4.78 is 0. The summed E-state index contributed by atoms with van der Waals surface area (Å²) in [6.45, 7) is 5.49. The highest BCUT2D eigenvalue weighted by Gasteiger charge is 2.43. The molecule has 1 heterocycles. The number of likely N-dealkylation sites (tertiary alicyclic amines) is 1. The Morgan fingerprint density at radius 1 is 0.808 bits per heavy atom.